The van der Waals surface area contributed by atoms with Crippen LogP contribution in [0, 0.1) is 5.92 Å². The van der Waals surface area contributed by atoms with Crippen molar-refractivity contribution < 1.29 is 28.5 Å². The summed E-state index contributed by atoms with van der Waals surface area (Å²) in [7, 11) is 6.09. The summed E-state index contributed by atoms with van der Waals surface area (Å²) in [5, 5.41) is 2.84. The Morgan fingerprint density at radius 3 is 2.22 bits per heavy atom. The standard InChI is InChI=1S/C31H33N3O7/c1-38-23-10-8-21(9-11-23)30(36)32-24(13-19-14-26(39-2)29(41-4)27(15-19)40-3)31(37)33-16-20-12-22(18-33)25-6-5-7-28(35)34(25)17-20/h5-11,13-15,20,22H,12,16-18H2,1-4H3,(H,32,36)/b24-13-. The molecule has 2 atom stereocenters. The second kappa shape index (κ2) is 11.8. The topological polar surface area (TPSA) is 108 Å². The molecule has 3 aromatic rings. The van der Waals surface area contributed by atoms with Crippen molar-refractivity contribution in [3.05, 3.63) is 87.5 Å². The monoisotopic (exact) mass is 559 g/mol. The van der Waals surface area contributed by atoms with Crippen molar-refractivity contribution in [1.29, 1.82) is 0 Å². The number of amides is 2. The van der Waals surface area contributed by atoms with Gasteiger partial charge in [-0.1, -0.05) is 6.07 Å². The second-order valence-electron chi connectivity index (χ2n) is 10.1. The van der Waals surface area contributed by atoms with Gasteiger partial charge in [0.1, 0.15) is 11.4 Å². The van der Waals surface area contributed by atoms with E-state index < -0.39 is 5.91 Å². The molecule has 2 aliphatic heterocycles. The minimum atomic E-state index is -0.436. The van der Waals surface area contributed by atoms with Crippen LogP contribution in [0.3, 0.4) is 0 Å². The van der Waals surface area contributed by atoms with Gasteiger partial charge < -0.3 is 33.7 Å². The third kappa shape index (κ3) is 5.63. The van der Waals surface area contributed by atoms with Gasteiger partial charge in [0.25, 0.3) is 17.4 Å². The van der Waals surface area contributed by atoms with Crippen molar-refractivity contribution in [3.63, 3.8) is 0 Å². The van der Waals surface area contributed by atoms with Crippen LogP contribution in [-0.2, 0) is 11.3 Å². The van der Waals surface area contributed by atoms with Crippen LogP contribution in [0.25, 0.3) is 6.08 Å². The SMILES string of the molecule is COc1ccc(C(=O)N/C(=C\c2cc(OC)c(OC)c(OC)c2)C(=O)N2CC3CC(C2)c2cccc(=O)n2C3)cc1. The highest BCUT2D eigenvalue weighted by Gasteiger charge is 2.37. The number of pyridine rings is 1. The average molecular weight is 560 g/mol. The normalized spacial score (nSPS) is 17.8. The molecule has 2 aromatic carbocycles. The van der Waals surface area contributed by atoms with Gasteiger partial charge in [-0.25, -0.2) is 0 Å². The molecule has 1 aromatic heterocycles. The summed E-state index contributed by atoms with van der Waals surface area (Å²) in [5.41, 5.74) is 1.96. The molecule has 214 valence electrons. The minimum Gasteiger partial charge on any atom is -0.497 e. The number of ether oxygens (including phenoxy) is 4. The molecular weight excluding hydrogens is 526 g/mol. The molecule has 2 bridgehead atoms. The summed E-state index contributed by atoms with van der Waals surface area (Å²) < 4.78 is 23.4. The van der Waals surface area contributed by atoms with Crippen LogP contribution < -0.4 is 29.8 Å². The zero-order chi connectivity index (χ0) is 29.1. The maximum atomic E-state index is 14.1. The van der Waals surface area contributed by atoms with Gasteiger partial charge in [0.15, 0.2) is 11.5 Å². The largest absolute Gasteiger partial charge is 0.497 e. The fourth-order valence-electron chi connectivity index (χ4n) is 5.67. The van der Waals surface area contributed by atoms with Crippen molar-refractivity contribution >= 4 is 17.9 Å². The fraction of sp³-hybridized carbons (Fsp3) is 0.323. The lowest BCUT2D eigenvalue weighted by Gasteiger charge is -2.43. The highest BCUT2D eigenvalue weighted by molar-refractivity contribution is 6.05. The minimum absolute atomic E-state index is 0.0216. The zero-order valence-corrected chi connectivity index (χ0v) is 23.5. The molecule has 2 amide bonds. The van der Waals surface area contributed by atoms with Gasteiger partial charge in [-0.05, 0) is 66.4 Å². The number of benzene rings is 2. The Morgan fingerprint density at radius 2 is 1.59 bits per heavy atom. The number of fused-ring (bicyclic) bond motifs is 4. The number of aromatic nitrogens is 1. The molecule has 0 aliphatic carbocycles. The summed E-state index contributed by atoms with van der Waals surface area (Å²) in [6, 6.07) is 15.3. The van der Waals surface area contributed by atoms with E-state index in [0.29, 0.717) is 53.8 Å². The molecule has 0 spiro atoms. The maximum absolute atomic E-state index is 14.1. The second-order valence-corrected chi connectivity index (χ2v) is 10.1. The van der Waals surface area contributed by atoms with Crippen molar-refractivity contribution in [1.82, 2.24) is 14.8 Å². The van der Waals surface area contributed by atoms with E-state index in [1.54, 1.807) is 66.6 Å². The van der Waals surface area contributed by atoms with Gasteiger partial charge in [0, 0.05) is 42.9 Å². The first-order valence-corrected chi connectivity index (χ1v) is 13.3. The van der Waals surface area contributed by atoms with Crippen molar-refractivity contribution in [3.8, 4) is 23.0 Å². The van der Waals surface area contributed by atoms with E-state index in [2.05, 4.69) is 5.32 Å². The third-order valence-electron chi connectivity index (χ3n) is 7.60. The molecule has 5 rings (SSSR count). The molecule has 10 nitrogen and oxygen atoms in total. The van der Waals surface area contributed by atoms with Crippen LogP contribution >= 0.6 is 0 Å². The zero-order valence-electron chi connectivity index (χ0n) is 23.5. The molecule has 3 heterocycles. The fourth-order valence-corrected chi connectivity index (χ4v) is 5.67. The van der Waals surface area contributed by atoms with Gasteiger partial charge in [-0.15, -0.1) is 0 Å². The summed E-state index contributed by atoms with van der Waals surface area (Å²) in [6.07, 6.45) is 2.51. The van der Waals surface area contributed by atoms with Crippen molar-refractivity contribution in [2.45, 2.75) is 18.9 Å². The molecule has 1 fully saturated rings. The Kier molecular flexibility index (Phi) is 8.00. The van der Waals surface area contributed by atoms with E-state index in [0.717, 1.165) is 12.1 Å². The Hall–Kier alpha value is -4.73. The Morgan fingerprint density at radius 1 is 0.878 bits per heavy atom. The van der Waals surface area contributed by atoms with Gasteiger partial charge in [0.05, 0.1) is 28.4 Å². The van der Waals surface area contributed by atoms with E-state index in [1.807, 2.05) is 10.6 Å². The van der Waals surface area contributed by atoms with E-state index in [4.69, 9.17) is 18.9 Å². The highest BCUT2D eigenvalue weighted by Crippen LogP contribution is 2.39. The lowest BCUT2D eigenvalue weighted by atomic mass is 9.83. The summed E-state index contributed by atoms with van der Waals surface area (Å²) >= 11 is 0. The molecule has 1 N–H and O–H groups in total. The summed E-state index contributed by atoms with van der Waals surface area (Å²) in [6.45, 7) is 1.46. The van der Waals surface area contributed by atoms with E-state index >= 15 is 0 Å². The number of methoxy groups -OCH3 is 4. The maximum Gasteiger partial charge on any atom is 0.270 e. The Bertz CT molecular complexity index is 1520. The quantitative estimate of drug-likeness (QED) is 0.422. The molecule has 0 radical (unpaired) electrons. The van der Waals surface area contributed by atoms with Crippen LogP contribution in [0.2, 0.25) is 0 Å². The number of piperidine rings is 1. The van der Waals surface area contributed by atoms with Crippen LogP contribution in [0.1, 0.15) is 34.0 Å². The van der Waals surface area contributed by atoms with Gasteiger partial charge in [-0.2, -0.15) is 0 Å². The average Bonchev–Trinajstić information content (AvgIpc) is 3.00. The number of nitrogens with zero attached hydrogens (tertiary/aromatic N) is 2. The number of hydrogen-bond donors (Lipinski definition) is 1. The number of likely N-dealkylation sites (tertiary alicyclic amines) is 1. The molecule has 10 heteroatoms. The first-order chi connectivity index (χ1) is 19.8. The molecule has 1 saturated heterocycles. The lowest BCUT2D eigenvalue weighted by molar-refractivity contribution is -0.130. The third-order valence-corrected chi connectivity index (χ3v) is 7.60. The molecular formula is C31H33N3O7. The number of hydrogen-bond acceptors (Lipinski definition) is 7. The van der Waals surface area contributed by atoms with Gasteiger partial charge >= 0.3 is 0 Å². The molecule has 41 heavy (non-hydrogen) atoms. The van der Waals surface area contributed by atoms with Gasteiger partial charge in [-0.3, -0.25) is 14.4 Å². The number of carbonyl (C=O) groups excluding carboxylic acids is 2. The van der Waals surface area contributed by atoms with E-state index in [-0.39, 0.29) is 29.0 Å². The van der Waals surface area contributed by atoms with Gasteiger partial charge in [0.2, 0.25) is 5.75 Å². The lowest BCUT2D eigenvalue weighted by Crippen LogP contribution is -2.50. The predicted octanol–water partition coefficient (Wildman–Crippen LogP) is 3.30. The molecule has 0 saturated carbocycles. The smallest absolute Gasteiger partial charge is 0.270 e. The predicted molar refractivity (Wildman–Crippen MR) is 153 cm³/mol. The van der Waals surface area contributed by atoms with E-state index in [1.165, 1.54) is 21.3 Å². The molecule has 2 unspecified atom stereocenters. The number of rotatable bonds is 8. The van der Waals surface area contributed by atoms with E-state index in [9.17, 15) is 14.4 Å². The van der Waals surface area contributed by atoms with Crippen LogP contribution in [0.5, 0.6) is 23.0 Å². The Balaban J connectivity index is 1.50. The van der Waals surface area contributed by atoms with Crippen LogP contribution in [0.15, 0.2) is 65.1 Å². The number of nitrogens with one attached hydrogen (secondary N) is 1. The summed E-state index contributed by atoms with van der Waals surface area (Å²) in [5.74, 6) is 1.27. The first-order valence-electron chi connectivity index (χ1n) is 13.3. The Labute approximate surface area is 238 Å². The highest BCUT2D eigenvalue weighted by atomic mass is 16.5. The number of carbonyl (C=O) groups is 2. The van der Waals surface area contributed by atoms with Crippen molar-refractivity contribution in [2.75, 3.05) is 41.5 Å². The molecule has 2 aliphatic rings. The van der Waals surface area contributed by atoms with Crippen LogP contribution in [0.4, 0.5) is 0 Å². The summed E-state index contributed by atoms with van der Waals surface area (Å²) in [4.78, 5) is 41.6. The first kappa shape index (κ1) is 27.8. The van der Waals surface area contributed by atoms with Crippen molar-refractivity contribution in [2.24, 2.45) is 5.92 Å². The van der Waals surface area contributed by atoms with Crippen LogP contribution in [-0.4, -0.2) is 62.8 Å².